The summed E-state index contributed by atoms with van der Waals surface area (Å²) in [7, 11) is -9.79. The lowest BCUT2D eigenvalue weighted by molar-refractivity contribution is -0.161. The Kier molecular flexibility index (Phi) is 65.0. The van der Waals surface area contributed by atoms with Crippen LogP contribution in [0, 0.1) is 0 Å². The molecule has 18 heteroatoms. The molecule has 0 aliphatic rings. The molecule has 0 rings (SSSR count). The van der Waals surface area contributed by atoms with Gasteiger partial charge in [-0.3, -0.25) is 32.5 Å². The van der Waals surface area contributed by atoms with Crippen LogP contribution in [0.5, 0.6) is 0 Å². The van der Waals surface area contributed by atoms with Crippen molar-refractivity contribution < 1.29 is 75.8 Å². The normalized spacial score (nSPS) is 14.9. The Morgan fingerprint density at radius 2 is 0.570 bits per heavy atom. The van der Waals surface area contributed by atoms with Crippen molar-refractivity contribution in [3.8, 4) is 0 Å². The van der Waals surface area contributed by atoms with Crippen molar-refractivity contribution in [1.82, 2.24) is 0 Å². The number of carbonyl (C=O) groups excluding carboxylic acids is 3. The van der Waals surface area contributed by atoms with Gasteiger partial charge in [0.05, 0.1) is 26.4 Å². The van der Waals surface area contributed by atoms with Crippen LogP contribution in [-0.4, -0.2) is 95.9 Å². The van der Waals surface area contributed by atoms with Crippen molar-refractivity contribution in [2.24, 2.45) is 0 Å². The van der Waals surface area contributed by atoms with E-state index in [0.29, 0.717) is 19.3 Å². The predicted octanol–water partition coefficient (Wildman–Crippen LogP) is 20.2. The summed E-state index contributed by atoms with van der Waals surface area (Å²) in [6, 6.07) is 0. The maximum absolute atomic E-state index is 12.9. The minimum absolute atomic E-state index is 0.0907. The van der Waals surface area contributed by atoms with Crippen LogP contribution in [0.25, 0.3) is 0 Å². The molecule has 0 radical (unpaired) electrons. The summed E-state index contributed by atoms with van der Waals surface area (Å²) in [6.45, 7) is 2.40. The molecule has 0 saturated carbocycles. The van der Waals surface area contributed by atoms with Crippen LogP contribution in [0.4, 0.5) is 0 Å². The van der Waals surface area contributed by atoms with E-state index in [2.05, 4.69) is 142 Å². The Morgan fingerprint density at radius 3 is 0.914 bits per heavy atom. The number of hydrogen-bond acceptors (Lipinski definition) is 14. The molecule has 0 spiro atoms. The average Bonchev–Trinajstić information content (AvgIpc) is 2.84. The maximum atomic E-state index is 12.9. The lowest BCUT2D eigenvalue weighted by atomic mass is 10.1. The summed E-state index contributed by atoms with van der Waals surface area (Å²) in [6.07, 6.45) is 78.1. The zero-order valence-electron chi connectivity index (χ0n) is 57.9. The second-order valence-corrected chi connectivity index (χ2v) is 26.5. The number of carbonyl (C=O) groups is 3. The first-order chi connectivity index (χ1) is 45.2. The molecule has 534 valence electrons. The summed E-state index contributed by atoms with van der Waals surface area (Å²) < 4.78 is 60.9. The minimum Gasteiger partial charge on any atom is -0.463 e. The van der Waals surface area contributed by atoms with Gasteiger partial charge in [0, 0.05) is 19.3 Å². The molecular formula is C75H128O16P2. The quantitative estimate of drug-likeness (QED) is 0.0146. The second kappa shape index (κ2) is 67.9. The molecule has 5 unspecified atom stereocenters. The van der Waals surface area contributed by atoms with Crippen molar-refractivity contribution in [3.63, 3.8) is 0 Å². The van der Waals surface area contributed by atoms with E-state index in [1.165, 1.54) is 38.5 Å². The molecule has 0 aliphatic carbocycles. The maximum Gasteiger partial charge on any atom is 0.472 e. The van der Waals surface area contributed by atoms with Crippen LogP contribution in [0.3, 0.4) is 0 Å². The highest BCUT2D eigenvalue weighted by molar-refractivity contribution is 7.47. The van der Waals surface area contributed by atoms with Crippen molar-refractivity contribution in [2.75, 3.05) is 39.6 Å². The number of ether oxygens (including phenoxy) is 3. The van der Waals surface area contributed by atoms with Gasteiger partial charge in [0.1, 0.15) is 25.4 Å². The Labute approximate surface area is 563 Å². The van der Waals surface area contributed by atoms with E-state index in [1.807, 2.05) is 0 Å². The number of rotatable bonds is 67. The Hall–Kier alpha value is -4.05. The van der Waals surface area contributed by atoms with E-state index in [9.17, 15) is 43.5 Å². The number of aliphatic hydroxyl groups excluding tert-OH is 2. The van der Waals surface area contributed by atoms with Crippen LogP contribution in [0.15, 0.2) is 122 Å². The average molecular weight is 1350 g/mol. The number of hydrogen-bond donors (Lipinski definition) is 4. The Balaban J connectivity index is 4.62. The number of esters is 3. The van der Waals surface area contributed by atoms with E-state index in [4.69, 9.17) is 32.3 Å². The standard InChI is InChI=1S/C75H128O16P2/c1-4-7-10-13-16-19-22-25-28-30-31-32-33-34-35-36-37-39-42-43-46-49-52-55-58-61-73(78)85-64-70(76)65-87-92(81,82)88-66-71(77)67-89-93(83,84)90-69-72(91-75(80)63-60-57-54-51-48-45-40-27-24-21-18-15-12-9-6-3)68-86-74(79)62-59-56-53-50-47-44-41-38-29-26-23-20-17-14-11-8-5-2/h7-8,10-11,16-17,19-20,25-29,31-32,34-35,37,39-40,70-72,76-77H,4-6,9,12-15,18,21-24,30,33,36,38,41-69H2,1-3H3,(H,81,82)(H,83,84)/b10-7-,11-8-,19-16-,20-17-,28-25-,29-26-,32-31-,35-34-,39-37-,40-27-. The fourth-order valence-corrected chi connectivity index (χ4v) is 10.8. The minimum atomic E-state index is -4.93. The molecule has 5 atom stereocenters. The number of allylic oxidation sites excluding steroid dienone is 20. The number of unbranched alkanes of at least 4 members (excludes halogenated alkanes) is 24. The van der Waals surface area contributed by atoms with Gasteiger partial charge in [0.2, 0.25) is 0 Å². The molecule has 93 heavy (non-hydrogen) atoms. The predicted molar refractivity (Wildman–Crippen MR) is 380 cm³/mol. The SMILES string of the molecule is CC/C=C\C/C=C\C/C=C\C/C=C\C/C=C\C/C=C\CCCCCCCCC(=O)OCC(O)COP(=O)(O)OCC(O)COP(=O)(O)OCC(COC(=O)CCCCCCCCC/C=C\C/C=C\C/C=C\CC)OC(=O)CCCCCCC/C=C\CCCCCCCC. The highest BCUT2D eigenvalue weighted by Gasteiger charge is 2.29. The summed E-state index contributed by atoms with van der Waals surface area (Å²) in [5.41, 5.74) is 0. The van der Waals surface area contributed by atoms with Gasteiger partial charge in [-0.1, -0.05) is 251 Å². The van der Waals surface area contributed by atoms with Gasteiger partial charge < -0.3 is 34.2 Å². The first-order valence-electron chi connectivity index (χ1n) is 35.8. The van der Waals surface area contributed by atoms with Gasteiger partial charge in [-0.2, -0.15) is 0 Å². The highest BCUT2D eigenvalue weighted by Crippen LogP contribution is 2.45. The third-order valence-electron chi connectivity index (χ3n) is 14.7. The van der Waals surface area contributed by atoms with Gasteiger partial charge in [-0.15, -0.1) is 0 Å². The fraction of sp³-hybridized carbons (Fsp3) is 0.693. The van der Waals surface area contributed by atoms with Crippen molar-refractivity contribution in [2.45, 2.75) is 296 Å². The van der Waals surface area contributed by atoms with E-state index in [0.717, 1.165) is 180 Å². The van der Waals surface area contributed by atoms with Crippen molar-refractivity contribution in [1.29, 1.82) is 0 Å². The fourth-order valence-electron chi connectivity index (χ4n) is 9.23. The van der Waals surface area contributed by atoms with Crippen LogP contribution in [-0.2, 0) is 55.8 Å². The topological polar surface area (TPSA) is 231 Å². The first kappa shape index (κ1) is 89.0. The summed E-state index contributed by atoms with van der Waals surface area (Å²) in [4.78, 5) is 58.5. The zero-order chi connectivity index (χ0) is 68.1. The number of phosphoric ester groups is 2. The third kappa shape index (κ3) is 69.1. The van der Waals surface area contributed by atoms with E-state index >= 15 is 0 Å². The van der Waals surface area contributed by atoms with Crippen LogP contribution >= 0.6 is 15.6 Å². The molecule has 0 aliphatic heterocycles. The lowest BCUT2D eigenvalue weighted by Gasteiger charge is -2.21. The van der Waals surface area contributed by atoms with Gasteiger partial charge >= 0.3 is 33.6 Å². The van der Waals surface area contributed by atoms with Crippen LogP contribution in [0.1, 0.15) is 278 Å². The molecule has 0 fully saturated rings. The van der Waals surface area contributed by atoms with Gasteiger partial charge in [0.15, 0.2) is 6.10 Å². The van der Waals surface area contributed by atoms with E-state index in [-0.39, 0.29) is 19.3 Å². The Bertz CT molecular complexity index is 2180. The van der Waals surface area contributed by atoms with Crippen molar-refractivity contribution in [3.05, 3.63) is 122 Å². The van der Waals surface area contributed by atoms with E-state index < -0.39 is 91.5 Å². The molecule has 0 saturated heterocycles. The summed E-state index contributed by atoms with van der Waals surface area (Å²) in [5.74, 6) is -1.61. The van der Waals surface area contributed by atoms with Gasteiger partial charge in [-0.05, 0) is 128 Å². The van der Waals surface area contributed by atoms with Crippen LogP contribution < -0.4 is 0 Å². The smallest absolute Gasteiger partial charge is 0.463 e. The summed E-state index contributed by atoms with van der Waals surface area (Å²) >= 11 is 0. The third-order valence-corrected chi connectivity index (χ3v) is 16.6. The molecule has 0 aromatic carbocycles. The summed E-state index contributed by atoms with van der Waals surface area (Å²) in [5, 5.41) is 20.6. The van der Waals surface area contributed by atoms with Gasteiger partial charge in [-0.25, -0.2) is 9.13 Å². The molecule has 4 N–H and O–H groups in total. The number of aliphatic hydroxyl groups is 2. The number of phosphoric acid groups is 2. The van der Waals surface area contributed by atoms with Gasteiger partial charge in [0.25, 0.3) is 0 Å². The van der Waals surface area contributed by atoms with Crippen LogP contribution in [0.2, 0.25) is 0 Å². The lowest BCUT2D eigenvalue weighted by Crippen LogP contribution is -2.30. The molecule has 0 aromatic rings. The zero-order valence-corrected chi connectivity index (χ0v) is 59.7. The van der Waals surface area contributed by atoms with Crippen molar-refractivity contribution >= 4 is 33.6 Å². The molecule has 16 nitrogen and oxygen atoms in total. The Morgan fingerprint density at radius 1 is 0.312 bits per heavy atom. The molecule has 0 amide bonds. The molecular weight excluding hydrogens is 1220 g/mol. The molecule has 0 aromatic heterocycles. The largest absolute Gasteiger partial charge is 0.472 e. The first-order valence-corrected chi connectivity index (χ1v) is 38.8. The van der Waals surface area contributed by atoms with E-state index in [1.54, 1.807) is 0 Å². The molecule has 0 heterocycles. The second-order valence-electron chi connectivity index (χ2n) is 23.6. The molecule has 0 bridgehead atoms. The monoisotopic (exact) mass is 1350 g/mol. The highest BCUT2D eigenvalue weighted by atomic mass is 31.2.